The topological polar surface area (TPSA) is 41.1 Å². The van der Waals surface area contributed by atoms with E-state index in [4.69, 9.17) is 0 Å². The van der Waals surface area contributed by atoms with Crippen LogP contribution in [0.3, 0.4) is 0 Å². The molecule has 0 radical (unpaired) electrons. The smallest absolute Gasteiger partial charge is 0.224 e. The van der Waals surface area contributed by atoms with Crippen LogP contribution in [0.2, 0.25) is 0 Å². The summed E-state index contributed by atoms with van der Waals surface area (Å²) in [6.07, 6.45) is 1.88. The molecule has 2 rings (SSSR count). The number of carbonyl (C=O) groups excluding carboxylic acids is 1. The van der Waals surface area contributed by atoms with Crippen molar-refractivity contribution in [2.24, 2.45) is 5.92 Å². The molecule has 1 unspecified atom stereocenters. The number of amides is 1. The zero-order chi connectivity index (χ0) is 12.1. The van der Waals surface area contributed by atoms with Crippen molar-refractivity contribution in [3.63, 3.8) is 0 Å². The van der Waals surface area contributed by atoms with Gasteiger partial charge in [0.05, 0.1) is 5.92 Å². The van der Waals surface area contributed by atoms with Gasteiger partial charge in [-0.05, 0) is 31.9 Å². The molecule has 1 atom stereocenters. The molecule has 1 aliphatic heterocycles. The van der Waals surface area contributed by atoms with Crippen LogP contribution in [0.15, 0.2) is 24.3 Å². The van der Waals surface area contributed by atoms with Crippen LogP contribution in [0.5, 0.6) is 0 Å². The molecular formula is C14H21ClN2O. The second kappa shape index (κ2) is 7.39. The minimum Gasteiger partial charge on any atom is -0.355 e. The molecule has 0 bridgehead atoms. The van der Waals surface area contributed by atoms with Crippen molar-refractivity contribution in [2.75, 3.05) is 19.6 Å². The molecule has 3 nitrogen and oxygen atoms in total. The number of hydrogen-bond acceptors (Lipinski definition) is 2. The summed E-state index contributed by atoms with van der Waals surface area (Å²) in [4.78, 5) is 11.8. The second-order valence-corrected chi connectivity index (χ2v) is 4.72. The van der Waals surface area contributed by atoms with E-state index in [1.807, 2.05) is 0 Å². The van der Waals surface area contributed by atoms with E-state index in [0.717, 1.165) is 32.5 Å². The summed E-state index contributed by atoms with van der Waals surface area (Å²) in [6.45, 7) is 4.62. The highest BCUT2D eigenvalue weighted by Gasteiger charge is 2.21. The summed E-state index contributed by atoms with van der Waals surface area (Å²) in [6, 6.07) is 8.43. The molecule has 1 fully saturated rings. The minimum atomic E-state index is 0. The largest absolute Gasteiger partial charge is 0.355 e. The van der Waals surface area contributed by atoms with Crippen molar-refractivity contribution >= 4 is 18.3 Å². The van der Waals surface area contributed by atoms with Gasteiger partial charge in [0.1, 0.15) is 0 Å². The number of rotatable bonds is 4. The zero-order valence-electron chi connectivity index (χ0n) is 10.7. The molecule has 0 aromatic heterocycles. The van der Waals surface area contributed by atoms with E-state index < -0.39 is 0 Å². The van der Waals surface area contributed by atoms with Gasteiger partial charge in [0.25, 0.3) is 0 Å². The van der Waals surface area contributed by atoms with Gasteiger partial charge in [-0.15, -0.1) is 12.4 Å². The lowest BCUT2D eigenvalue weighted by Crippen LogP contribution is -2.33. The Labute approximate surface area is 115 Å². The number of carbonyl (C=O) groups is 1. The first kappa shape index (κ1) is 15.0. The third-order valence-electron chi connectivity index (χ3n) is 3.23. The second-order valence-electron chi connectivity index (χ2n) is 4.72. The van der Waals surface area contributed by atoms with Crippen LogP contribution in [-0.4, -0.2) is 25.5 Å². The highest BCUT2D eigenvalue weighted by atomic mass is 35.5. The first-order valence-electron chi connectivity index (χ1n) is 6.29. The Morgan fingerprint density at radius 1 is 1.50 bits per heavy atom. The molecular weight excluding hydrogens is 248 g/mol. The number of benzene rings is 1. The van der Waals surface area contributed by atoms with Crippen molar-refractivity contribution in [1.29, 1.82) is 0 Å². The lowest BCUT2D eigenvalue weighted by Gasteiger charge is -2.09. The number of hydrogen-bond donors (Lipinski definition) is 2. The monoisotopic (exact) mass is 268 g/mol. The Kier molecular flexibility index (Phi) is 6.16. The van der Waals surface area contributed by atoms with E-state index in [1.165, 1.54) is 11.1 Å². The molecule has 2 N–H and O–H groups in total. The van der Waals surface area contributed by atoms with E-state index in [1.54, 1.807) is 0 Å². The lowest BCUT2D eigenvalue weighted by atomic mass is 10.1. The number of halogens is 1. The Balaban J connectivity index is 0.00000162. The highest BCUT2D eigenvalue weighted by Crippen LogP contribution is 2.07. The van der Waals surface area contributed by atoms with Gasteiger partial charge in [-0.1, -0.05) is 29.8 Å². The average Bonchev–Trinajstić information content (AvgIpc) is 2.82. The Bertz CT molecular complexity index is 389. The third-order valence-corrected chi connectivity index (χ3v) is 3.23. The normalized spacial score (nSPS) is 18.2. The van der Waals surface area contributed by atoms with Crippen LogP contribution in [-0.2, 0) is 11.2 Å². The van der Waals surface area contributed by atoms with Crippen LogP contribution in [0.4, 0.5) is 0 Å². The van der Waals surface area contributed by atoms with Crippen molar-refractivity contribution in [2.45, 2.75) is 19.8 Å². The SMILES string of the molecule is Cc1cccc(CCNC(=O)C2CCNC2)c1.Cl. The van der Waals surface area contributed by atoms with Crippen molar-refractivity contribution in [1.82, 2.24) is 10.6 Å². The minimum absolute atomic E-state index is 0. The maximum absolute atomic E-state index is 11.8. The Hall–Kier alpha value is -1.06. The molecule has 4 heteroatoms. The van der Waals surface area contributed by atoms with E-state index in [9.17, 15) is 4.79 Å². The molecule has 1 aromatic rings. The van der Waals surface area contributed by atoms with Gasteiger partial charge in [-0.3, -0.25) is 4.79 Å². The van der Waals surface area contributed by atoms with Crippen molar-refractivity contribution in [3.8, 4) is 0 Å². The van der Waals surface area contributed by atoms with Gasteiger partial charge in [0.2, 0.25) is 5.91 Å². The van der Waals surface area contributed by atoms with E-state index in [-0.39, 0.29) is 24.2 Å². The maximum atomic E-state index is 11.8. The summed E-state index contributed by atoms with van der Waals surface area (Å²) in [5.41, 5.74) is 2.56. The average molecular weight is 269 g/mol. The molecule has 1 aromatic carbocycles. The lowest BCUT2D eigenvalue weighted by molar-refractivity contribution is -0.124. The summed E-state index contributed by atoms with van der Waals surface area (Å²) < 4.78 is 0. The Morgan fingerprint density at radius 3 is 3.00 bits per heavy atom. The fourth-order valence-electron chi connectivity index (χ4n) is 2.22. The molecule has 0 spiro atoms. The zero-order valence-corrected chi connectivity index (χ0v) is 11.6. The van der Waals surface area contributed by atoms with Crippen LogP contribution >= 0.6 is 12.4 Å². The van der Waals surface area contributed by atoms with Gasteiger partial charge < -0.3 is 10.6 Å². The fourth-order valence-corrected chi connectivity index (χ4v) is 2.22. The Morgan fingerprint density at radius 2 is 2.33 bits per heavy atom. The van der Waals surface area contributed by atoms with Crippen molar-refractivity contribution < 1.29 is 4.79 Å². The van der Waals surface area contributed by atoms with Gasteiger partial charge in [0, 0.05) is 13.1 Å². The summed E-state index contributed by atoms with van der Waals surface area (Å²) in [5, 5.41) is 6.22. The fraction of sp³-hybridized carbons (Fsp3) is 0.500. The third kappa shape index (κ3) is 4.31. The predicted octanol–water partition coefficient (Wildman–Crippen LogP) is 1.69. The standard InChI is InChI=1S/C14H20N2O.ClH/c1-11-3-2-4-12(9-11)5-8-16-14(17)13-6-7-15-10-13;/h2-4,9,13,15H,5-8,10H2,1H3,(H,16,17);1H. The molecule has 18 heavy (non-hydrogen) atoms. The maximum Gasteiger partial charge on any atom is 0.224 e. The van der Waals surface area contributed by atoms with Crippen LogP contribution in [0.1, 0.15) is 17.5 Å². The first-order valence-corrected chi connectivity index (χ1v) is 6.29. The molecule has 1 saturated heterocycles. The van der Waals surface area contributed by atoms with Gasteiger partial charge in [-0.2, -0.15) is 0 Å². The quantitative estimate of drug-likeness (QED) is 0.873. The molecule has 1 aliphatic rings. The van der Waals surface area contributed by atoms with Crippen molar-refractivity contribution in [3.05, 3.63) is 35.4 Å². The van der Waals surface area contributed by atoms with E-state index >= 15 is 0 Å². The van der Waals surface area contributed by atoms with E-state index in [0.29, 0.717) is 0 Å². The van der Waals surface area contributed by atoms with Gasteiger partial charge in [0.15, 0.2) is 0 Å². The number of nitrogens with one attached hydrogen (secondary N) is 2. The summed E-state index contributed by atoms with van der Waals surface area (Å²) >= 11 is 0. The molecule has 0 saturated carbocycles. The van der Waals surface area contributed by atoms with Crippen LogP contribution in [0.25, 0.3) is 0 Å². The van der Waals surface area contributed by atoms with E-state index in [2.05, 4.69) is 41.8 Å². The van der Waals surface area contributed by atoms with Crippen LogP contribution in [0, 0.1) is 12.8 Å². The molecule has 1 amide bonds. The van der Waals surface area contributed by atoms with Gasteiger partial charge >= 0.3 is 0 Å². The first-order chi connectivity index (χ1) is 8.25. The van der Waals surface area contributed by atoms with Gasteiger partial charge in [-0.25, -0.2) is 0 Å². The predicted molar refractivity (Wildman–Crippen MR) is 76.1 cm³/mol. The summed E-state index contributed by atoms with van der Waals surface area (Å²) in [7, 11) is 0. The highest BCUT2D eigenvalue weighted by molar-refractivity contribution is 5.85. The molecule has 0 aliphatic carbocycles. The molecule has 1 heterocycles. The summed E-state index contributed by atoms with van der Waals surface area (Å²) in [5.74, 6) is 0.371. The van der Waals surface area contributed by atoms with Crippen LogP contribution < -0.4 is 10.6 Å². The number of aryl methyl sites for hydroxylation is 1. The molecule has 100 valence electrons.